The topological polar surface area (TPSA) is 48.4 Å². The molecule has 5 heteroatoms. The Morgan fingerprint density at radius 1 is 1.64 bits per heavy atom. The lowest BCUT2D eigenvalue weighted by atomic mass is 10.4. The Kier molecular flexibility index (Phi) is 3.71. The van der Waals surface area contributed by atoms with Crippen molar-refractivity contribution in [1.29, 1.82) is 0 Å². The van der Waals surface area contributed by atoms with Crippen LogP contribution in [0.15, 0.2) is 12.3 Å². The van der Waals surface area contributed by atoms with Crippen molar-refractivity contribution >= 4 is 17.6 Å². The minimum Gasteiger partial charge on any atom is -0.495 e. The van der Waals surface area contributed by atoms with Gasteiger partial charge in [-0.15, -0.1) is 0 Å². The predicted octanol–water partition coefficient (Wildman–Crippen LogP) is 2.06. The fourth-order valence-electron chi connectivity index (χ4n) is 0.817. The summed E-state index contributed by atoms with van der Waals surface area (Å²) in [6.45, 7) is 1.69. The van der Waals surface area contributed by atoms with Crippen molar-refractivity contribution in [2.24, 2.45) is 0 Å². The highest BCUT2D eigenvalue weighted by molar-refractivity contribution is 6.33. The molecule has 0 amide bonds. The van der Waals surface area contributed by atoms with Gasteiger partial charge in [0.05, 0.1) is 7.11 Å². The van der Waals surface area contributed by atoms with Crippen LogP contribution in [0.3, 0.4) is 0 Å². The molecule has 0 N–H and O–H groups in total. The van der Waals surface area contributed by atoms with E-state index in [9.17, 15) is 4.79 Å². The molecule has 4 nitrogen and oxygen atoms in total. The summed E-state index contributed by atoms with van der Waals surface area (Å²) in [6, 6.07) is 1.59. The molecule has 0 saturated carbocycles. The molecule has 0 radical (unpaired) electrons. The maximum atomic E-state index is 11.0. The number of carbonyl (C=O) groups is 1. The van der Waals surface area contributed by atoms with E-state index in [-0.39, 0.29) is 23.3 Å². The maximum absolute atomic E-state index is 11.0. The van der Waals surface area contributed by atoms with Gasteiger partial charge in [-0.1, -0.05) is 18.5 Å². The van der Waals surface area contributed by atoms with Gasteiger partial charge in [0, 0.05) is 18.7 Å². The molecule has 0 unspecified atom stereocenters. The molecular weight excluding hydrogens is 206 g/mol. The van der Waals surface area contributed by atoms with E-state index >= 15 is 0 Å². The van der Waals surface area contributed by atoms with E-state index in [0.717, 1.165) is 0 Å². The zero-order valence-electron chi connectivity index (χ0n) is 7.91. The van der Waals surface area contributed by atoms with Crippen LogP contribution >= 0.6 is 11.6 Å². The first-order chi connectivity index (χ1) is 6.69. The van der Waals surface area contributed by atoms with Gasteiger partial charge in [0.15, 0.2) is 0 Å². The summed E-state index contributed by atoms with van der Waals surface area (Å²) in [5.74, 6) is 0.131. The van der Waals surface area contributed by atoms with Crippen molar-refractivity contribution in [3.63, 3.8) is 0 Å². The average Bonchev–Trinajstić information content (AvgIpc) is 2.21. The van der Waals surface area contributed by atoms with E-state index in [1.807, 2.05) is 0 Å². The van der Waals surface area contributed by atoms with E-state index in [1.54, 1.807) is 13.0 Å². The summed E-state index contributed by atoms with van der Waals surface area (Å²) in [5.41, 5.74) is 0. The van der Waals surface area contributed by atoms with Gasteiger partial charge in [-0.05, 0) is 0 Å². The van der Waals surface area contributed by atoms with E-state index < -0.39 is 0 Å². The lowest BCUT2D eigenvalue weighted by Crippen LogP contribution is -2.07. The number of ether oxygens (including phenoxy) is 2. The van der Waals surface area contributed by atoms with Crippen LogP contribution in [0.1, 0.15) is 13.3 Å². The Hall–Kier alpha value is -1.29. The molecule has 76 valence electrons. The first-order valence-electron chi connectivity index (χ1n) is 4.08. The molecule has 0 saturated heterocycles. The minimum absolute atomic E-state index is 0.0814. The summed E-state index contributed by atoms with van der Waals surface area (Å²) in [5, 5.41) is 0.205. The number of hydrogen-bond donors (Lipinski definition) is 0. The van der Waals surface area contributed by atoms with Gasteiger partial charge in [-0.2, -0.15) is 0 Å². The molecule has 0 aliphatic heterocycles. The fraction of sp³-hybridized carbons (Fsp3) is 0.333. The van der Waals surface area contributed by atoms with Crippen LogP contribution in [-0.2, 0) is 4.79 Å². The summed E-state index contributed by atoms with van der Waals surface area (Å²) >= 11 is 5.85. The van der Waals surface area contributed by atoms with Crippen LogP contribution in [0.25, 0.3) is 0 Å². The van der Waals surface area contributed by atoms with Crippen LogP contribution in [0.2, 0.25) is 5.02 Å². The first-order valence-corrected chi connectivity index (χ1v) is 4.46. The highest BCUT2D eigenvalue weighted by Gasteiger charge is 2.11. The number of aromatic nitrogens is 1. The molecule has 0 fully saturated rings. The number of pyridine rings is 1. The third-order valence-electron chi connectivity index (χ3n) is 1.54. The zero-order chi connectivity index (χ0) is 10.6. The first kappa shape index (κ1) is 10.8. The van der Waals surface area contributed by atoms with Crippen molar-refractivity contribution in [2.75, 3.05) is 7.11 Å². The number of halogens is 1. The summed E-state index contributed by atoms with van der Waals surface area (Å²) in [7, 11) is 1.48. The van der Waals surface area contributed by atoms with Crippen molar-refractivity contribution in [1.82, 2.24) is 4.98 Å². The zero-order valence-corrected chi connectivity index (χ0v) is 8.67. The number of methoxy groups -OCH3 is 1. The number of hydrogen-bond acceptors (Lipinski definition) is 4. The molecule has 1 heterocycles. The van der Waals surface area contributed by atoms with Crippen molar-refractivity contribution in [2.45, 2.75) is 13.3 Å². The molecule has 0 atom stereocenters. The highest BCUT2D eigenvalue weighted by atomic mass is 35.5. The molecule has 0 aliphatic carbocycles. The second-order valence-electron chi connectivity index (χ2n) is 2.46. The van der Waals surface area contributed by atoms with Crippen LogP contribution in [-0.4, -0.2) is 18.1 Å². The van der Waals surface area contributed by atoms with E-state index in [1.165, 1.54) is 13.3 Å². The Labute approximate surface area is 86.8 Å². The summed E-state index contributed by atoms with van der Waals surface area (Å²) in [4.78, 5) is 14.8. The number of carbonyl (C=O) groups excluding carboxylic acids is 1. The van der Waals surface area contributed by atoms with E-state index in [2.05, 4.69) is 4.98 Å². The molecule has 0 bridgehead atoms. The quantitative estimate of drug-likeness (QED) is 0.725. The highest BCUT2D eigenvalue weighted by Crippen LogP contribution is 2.31. The third kappa shape index (κ3) is 2.35. The Balaban J connectivity index is 2.92. The van der Waals surface area contributed by atoms with E-state index in [4.69, 9.17) is 21.1 Å². The van der Waals surface area contributed by atoms with Crippen LogP contribution in [0.5, 0.6) is 11.6 Å². The van der Waals surface area contributed by atoms with Crippen LogP contribution in [0, 0.1) is 0 Å². The molecule has 1 aromatic rings. The number of esters is 1. The SMILES string of the molecule is CCC(=O)Oc1nccc(OC)c1Cl. The third-order valence-corrected chi connectivity index (χ3v) is 1.89. The lowest BCUT2D eigenvalue weighted by molar-refractivity contribution is -0.134. The molecule has 0 aromatic carbocycles. The average molecular weight is 216 g/mol. The van der Waals surface area contributed by atoms with Gasteiger partial charge in [0.2, 0.25) is 5.88 Å². The van der Waals surface area contributed by atoms with Gasteiger partial charge in [0.25, 0.3) is 0 Å². The molecule has 0 spiro atoms. The maximum Gasteiger partial charge on any atom is 0.312 e. The van der Waals surface area contributed by atoms with Crippen molar-refractivity contribution in [3.05, 3.63) is 17.3 Å². The molecule has 1 rings (SSSR count). The van der Waals surface area contributed by atoms with Crippen LogP contribution < -0.4 is 9.47 Å². The Morgan fingerprint density at radius 2 is 2.36 bits per heavy atom. The van der Waals surface area contributed by atoms with Crippen LogP contribution in [0.4, 0.5) is 0 Å². The minimum atomic E-state index is -0.382. The van der Waals surface area contributed by atoms with Gasteiger partial charge in [0.1, 0.15) is 10.8 Å². The Morgan fingerprint density at radius 3 is 2.93 bits per heavy atom. The molecule has 0 aliphatic rings. The van der Waals surface area contributed by atoms with Gasteiger partial charge in [-0.3, -0.25) is 4.79 Å². The molecular formula is C9H10ClNO3. The smallest absolute Gasteiger partial charge is 0.312 e. The number of rotatable bonds is 3. The van der Waals surface area contributed by atoms with Crippen molar-refractivity contribution in [3.8, 4) is 11.6 Å². The second kappa shape index (κ2) is 4.81. The molecule has 1 aromatic heterocycles. The largest absolute Gasteiger partial charge is 0.495 e. The second-order valence-corrected chi connectivity index (χ2v) is 2.84. The number of nitrogens with zero attached hydrogens (tertiary/aromatic N) is 1. The monoisotopic (exact) mass is 215 g/mol. The predicted molar refractivity (Wildman–Crippen MR) is 51.7 cm³/mol. The summed E-state index contributed by atoms with van der Waals surface area (Å²) in [6.07, 6.45) is 1.73. The van der Waals surface area contributed by atoms with Gasteiger partial charge >= 0.3 is 5.97 Å². The standard InChI is InChI=1S/C9H10ClNO3/c1-3-7(12)14-9-8(10)6(13-2)4-5-11-9/h4-5H,3H2,1-2H3. The van der Waals surface area contributed by atoms with Crippen molar-refractivity contribution < 1.29 is 14.3 Å². The Bertz CT molecular complexity index is 341. The fourth-order valence-corrected chi connectivity index (χ4v) is 1.04. The van der Waals surface area contributed by atoms with E-state index in [0.29, 0.717) is 5.75 Å². The van der Waals surface area contributed by atoms with Gasteiger partial charge < -0.3 is 9.47 Å². The molecule has 14 heavy (non-hydrogen) atoms. The normalized spacial score (nSPS) is 9.64. The van der Waals surface area contributed by atoms with Gasteiger partial charge in [-0.25, -0.2) is 4.98 Å². The summed E-state index contributed by atoms with van der Waals surface area (Å²) < 4.78 is 9.81. The lowest BCUT2D eigenvalue weighted by Gasteiger charge is -2.06.